The van der Waals surface area contributed by atoms with Gasteiger partial charge in [-0.1, -0.05) is 43.2 Å². The fourth-order valence-corrected chi connectivity index (χ4v) is 3.28. The van der Waals surface area contributed by atoms with Crippen LogP contribution in [0.5, 0.6) is 0 Å². The number of hydrogen-bond acceptors (Lipinski definition) is 2. The Kier molecular flexibility index (Phi) is 4.91. The lowest BCUT2D eigenvalue weighted by molar-refractivity contribution is -0.123. The van der Waals surface area contributed by atoms with Crippen LogP contribution in [0.2, 0.25) is 0 Å². The van der Waals surface area contributed by atoms with E-state index in [1.807, 2.05) is 6.07 Å². The minimum Gasteiger partial charge on any atom is -0.348 e. The minimum atomic E-state index is 0.192. The van der Waals surface area contributed by atoms with E-state index in [-0.39, 0.29) is 11.9 Å². The van der Waals surface area contributed by atoms with E-state index in [0.717, 1.165) is 13.1 Å². The molecule has 3 rings (SSSR count). The predicted molar refractivity (Wildman–Crippen MR) is 85.0 cm³/mol. The molecule has 1 atom stereocenters. The maximum absolute atomic E-state index is 12.4. The maximum Gasteiger partial charge on any atom is 0.234 e. The summed E-state index contributed by atoms with van der Waals surface area (Å²) in [6, 6.07) is 10.6. The van der Waals surface area contributed by atoms with Gasteiger partial charge in [-0.25, -0.2) is 0 Å². The molecule has 3 heteroatoms. The highest BCUT2D eigenvalue weighted by Gasteiger charge is 2.33. The van der Waals surface area contributed by atoms with Crippen LogP contribution in [0.15, 0.2) is 30.3 Å². The number of likely N-dealkylation sites (tertiary alicyclic amines) is 1. The minimum absolute atomic E-state index is 0.192. The summed E-state index contributed by atoms with van der Waals surface area (Å²) >= 11 is 0. The largest absolute Gasteiger partial charge is 0.348 e. The molecule has 1 unspecified atom stereocenters. The van der Waals surface area contributed by atoms with E-state index in [0.29, 0.717) is 12.5 Å². The molecule has 114 valence electrons. The van der Waals surface area contributed by atoms with Crippen molar-refractivity contribution in [2.75, 3.05) is 19.6 Å². The van der Waals surface area contributed by atoms with Crippen LogP contribution >= 0.6 is 0 Å². The van der Waals surface area contributed by atoms with Crippen molar-refractivity contribution in [3.8, 4) is 0 Å². The summed E-state index contributed by atoms with van der Waals surface area (Å²) in [4.78, 5) is 14.7. The van der Waals surface area contributed by atoms with Gasteiger partial charge in [-0.05, 0) is 50.3 Å². The first-order valence-corrected chi connectivity index (χ1v) is 8.39. The van der Waals surface area contributed by atoms with Crippen LogP contribution in [-0.4, -0.2) is 30.4 Å². The Bertz CT molecular complexity index is 448. The number of benzene rings is 1. The topological polar surface area (TPSA) is 32.3 Å². The summed E-state index contributed by atoms with van der Waals surface area (Å²) in [5.74, 6) is 0.832. The highest BCUT2D eigenvalue weighted by atomic mass is 16.2. The van der Waals surface area contributed by atoms with Crippen molar-refractivity contribution >= 4 is 5.91 Å². The molecule has 1 heterocycles. The van der Waals surface area contributed by atoms with E-state index in [4.69, 9.17) is 0 Å². The molecular formula is C18H26N2O. The standard InChI is InChI=1S/C18H26N2O/c21-17(14-20-12-6-1-2-7-13-20)19-18(16-10-11-16)15-8-4-3-5-9-15/h3-5,8-9,16,18H,1-2,6-7,10-14H2,(H,19,21). The summed E-state index contributed by atoms with van der Waals surface area (Å²) in [6.45, 7) is 2.72. The molecule has 2 fully saturated rings. The summed E-state index contributed by atoms with van der Waals surface area (Å²) in [5.41, 5.74) is 1.25. The van der Waals surface area contributed by atoms with Gasteiger partial charge in [-0.3, -0.25) is 9.69 Å². The second kappa shape index (κ2) is 7.08. The van der Waals surface area contributed by atoms with Crippen molar-refractivity contribution < 1.29 is 4.79 Å². The molecule has 2 aliphatic rings. The molecular weight excluding hydrogens is 260 g/mol. The van der Waals surface area contributed by atoms with Crippen LogP contribution in [0.4, 0.5) is 0 Å². The van der Waals surface area contributed by atoms with E-state index in [2.05, 4.69) is 34.5 Å². The van der Waals surface area contributed by atoms with E-state index in [1.54, 1.807) is 0 Å². The smallest absolute Gasteiger partial charge is 0.234 e. The van der Waals surface area contributed by atoms with Crippen LogP contribution < -0.4 is 5.32 Å². The summed E-state index contributed by atoms with van der Waals surface area (Å²) in [7, 11) is 0. The van der Waals surface area contributed by atoms with Gasteiger partial charge in [0.25, 0.3) is 0 Å². The molecule has 1 aliphatic heterocycles. The van der Waals surface area contributed by atoms with E-state index in [1.165, 1.54) is 44.1 Å². The summed E-state index contributed by atoms with van der Waals surface area (Å²) in [6.07, 6.45) is 7.57. The fourth-order valence-electron chi connectivity index (χ4n) is 3.28. The molecule has 1 N–H and O–H groups in total. The average Bonchev–Trinajstić information content (AvgIpc) is 3.33. The van der Waals surface area contributed by atoms with Crippen LogP contribution in [-0.2, 0) is 4.79 Å². The number of amides is 1. The molecule has 1 aliphatic carbocycles. The zero-order valence-electron chi connectivity index (χ0n) is 12.8. The molecule has 1 saturated heterocycles. The van der Waals surface area contributed by atoms with Crippen molar-refractivity contribution in [3.05, 3.63) is 35.9 Å². The highest BCUT2D eigenvalue weighted by Crippen LogP contribution is 2.40. The number of nitrogens with zero attached hydrogens (tertiary/aromatic N) is 1. The molecule has 0 radical (unpaired) electrons. The second-order valence-electron chi connectivity index (χ2n) is 6.48. The monoisotopic (exact) mass is 286 g/mol. The first kappa shape index (κ1) is 14.6. The zero-order valence-corrected chi connectivity index (χ0v) is 12.8. The van der Waals surface area contributed by atoms with Crippen molar-refractivity contribution in [2.45, 2.75) is 44.6 Å². The Morgan fingerprint density at radius 3 is 2.38 bits per heavy atom. The number of carbonyl (C=O) groups is 1. The van der Waals surface area contributed by atoms with Gasteiger partial charge in [0.05, 0.1) is 12.6 Å². The lowest BCUT2D eigenvalue weighted by atomic mass is 10.0. The Morgan fingerprint density at radius 2 is 1.76 bits per heavy atom. The van der Waals surface area contributed by atoms with Crippen molar-refractivity contribution in [1.82, 2.24) is 10.2 Å². The van der Waals surface area contributed by atoms with Crippen LogP contribution in [0.3, 0.4) is 0 Å². The highest BCUT2D eigenvalue weighted by molar-refractivity contribution is 5.78. The van der Waals surface area contributed by atoms with E-state index >= 15 is 0 Å². The number of nitrogens with one attached hydrogen (secondary N) is 1. The SMILES string of the molecule is O=C(CN1CCCCCC1)NC(c1ccccc1)C1CC1. The van der Waals surface area contributed by atoms with E-state index in [9.17, 15) is 4.79 Å². The number of carbonyl (C=O) groups excluding carboxylic acids is 1. The number of rotatable bonds is 5. The van der Waals surface area contributed by atoms with Crippen molar-refractivity contribution in [2.24, 2.45) is 5.92 Å². The van der Waals surface area contributed by atoms with Crippen LogP contribution in [0, 0.1) is 5.92 Å². The maximum atomic E-state index is 12.4. The van der Waals surface area contributed by atoms with Crippen molar-refractivity contribution in [3.63, 3.8) is 0 Å². The Labute approximate surface area is 127 Å². The molecule has 1 aromatic carbocycles. The molecule has 0 aromatic heterocycles. The molecule has 0 spiro atoms. The second-order valence-corrected chi connectivity index (χ2v) is 6.48. The third kappa shape index (κ3) is 4.31. The number of hydrogen-bond donors (Lipinski definition) is 1. The lowest BCUT2D eigenvalue weighted by Gasteiger charge is -2.23. The first-order valence-electron chi connectivity index (χ1n) is 8.39. The van der Waals surface area contributed by atoms with Crippen LogP contribution in [0.25, 0.3) is 0 Å². The molecule has 21 heavy (non-hydrogen) atoms. The Balaban J connectivity index is 1.56. The summed E-state index contributed by atoms with van der Waals surface area (Å²) < 4.78 is 0. The Morgan fingerprint density at radius 1 is 1.10 bits per heavy atom. The lowest BCUT2D eigenvalue weighted by Crippen LogP contribution is -2.39. The predicted octanol–water partition coefficient (Wildman–Crippen LogP) is 3.13. The fraction of sp³-hybridized carbons (Fsp3) is 0.611. The Hall–Kier alpha value is -1.35. The van der Waals surface area contributed by atoms with Gasteiger partial charge in [0.15, 0.2) is 0 Å². The van der Waals surface area contributed by atoms with Gasteiger partial charge in [-0.15, -0.1) is 0 Å². The normalized spacial score (nSPS) is 21.5. The molecule has 3 nitrogen and oxygen atoms in total. The van der Waals surface area contributed by atoms with Gasteiger partial charge >= 0.3 is 0 Å². The third-order valence-corrected chi connectivity index (χ3v) is 4.63. The van der Waals surface area contributed by atoms with Gasteiger partial charge in [0.1, 0.15) is 0 Å². The quantitative estimate of drug-likeness (QED) is 0.902. The van der Waals surface area contributed by atoms with Gasteiger partial charge in [-0.2, -0.15) is 0 Å². The summed E-state index contributed by atoms with van der Waals surface area (Å²) in [5, 5.41) is 3.28. The first-order chi connectivity index (χ1) is 10.3. The van der Waals surface area contributed by atoms with Gasteiger partial charge < -0.3 is 5.32 Å². The van der Waals surface area contributed by atoms with Gasteiger partial charge in [0, 0.05) is 0 Å². The van der Waals surface area contributed by atoms with Gasteiger partial charge in [0.2, 0.25) is 5.91 Å². The molecule has 1 aromatic rings. The molecule has 1 amide bonds. The third-order valence-electron chi connectivity index (χ3n) is 4.63. The van der Waals surface area contributed by atoms with Crippen LogP contribution in [0.1, 0.15) is 50.1 Å². The van der Waals surface area contributed by atoms with Crippen molar-refractivity contribution in [1.29, 1.82) is 0 Å². The zero-order chi connectivity index (χ0) is 14.5. The average molecular weight is 286 g/mol. The van der Waals surface area contributed by atoms with E-state index < -0.39 is 0 Å². The molecule has 0 bridgehead atoms. The molecule has 1 saturated carbocycles.